The van der Waals surface area contributed by atoms with Crippen molar-refractivity contribution in [3.05, 3.63) is 12.7 Å². The van der Waals surface area contributed by atoms with Gasteiger partial charge in [-0.3, -0.25) is 4.99 Å². The van der Waals surface area contributed by atoms with Crippen LogP contribution in [0.15, 0.2) is 17.6 Å². The number of hydrogen-bond acceptors (Lipinski definition) is 2. The van der Waals surface area contributed by atoms with E-state index in [1.165, 1.54) is 0 Å². The van der Waals surface area contributed by atoms with Gasteiger partial charge in [-0.1, -0.05) is 20.4 Å². The summed E-state index contributed by atoms with van der Waals surface area (Å²) >= 11 is 0. The van der Waals surface area contributed by atoms with Crippen molar-refractivity contribution < 1.29 is 5.11 Å². The summed E-state index contributed by atoms with van der Waals surface area (Å²) in [7, 11) is 0. The Morgan fingerprint density at radius 3 is 2.42 bits per heavy atom. The first-order chi connectivity index (χ1) is 5.46. The molecule has 0 aromatic carbocycles. The van der Waals surface area contributed by atoms with Crippen molar-refractivity contribution >= 4 is 5.71 Å². The molecule has 1 N–H and O–H groups in total. The highest BCUT2D eigenvalue weighted by atomic mass is 16.3. The van der Waals surface area contributed by atoms with Crippen molar-refractivity contribution in [3.63, 3.8) is 0 Å². The van der Waals surface area contributed by atoms with E-state index in [0.29, 0.717) is 12.3 Å². The van der Waals surface area contributed by atoms with E-state index in [0.717, 1.165) is 0 Å². The minimum absolute atomic E-state index is 0.154. The summed E-state index contributed by atoms with van der Waals surface area (Å²) in [5.74, 6) is 0.154. The SMILES string of the molecule is C=CC(=NCC)C(C)(O)C(C)C. The Morgan fingerprint density at radius 1 is 1.67 bits per heavy atom. The Hall–Kier alpha value is -0.630. The average Bonchev–Trinajstić information content (AvgIpc) is 1.99. The van der Waals surface area contributed by atoms with Gasteiger partial charge >= 0.3 is 0 Å². The lowest BCUT2D eigenvalue weighted by Gasteiger charge is -2.27. The number of aliphatic hydroxyl groups is 1. The van der Waals surface area contributed by atoms with Gasteiger partial charge in [-0.05, 0) is 25.8 Å². The molecule has 0 aliphatic rings. The van der Waals surface area contributed by atoms with Crippen LogP contribution in [0.25, 0.3) is 0 Å². The van der Waals surface area contributed by atoms with Crippen LogP contribution in [0.2, 0.25) is 0 Å². The highest BCUT2D eigenvalue weighted by molar-refractivity contribution is 6.01. The van der Waals surface area contributed by atoms with Crippen LogP contribution in [0.4, 0.5) is 0 Å². The van der Waals surface area contributed by atoms with Crippen LogP contribution in [0.5, 0.6) is 0 Å². The normalized spacial score (nSPS) is 17.7. The molecule has 2 heteroatoms. The first-order valence-electron chi connectivity index (χ1n) is 4.36. The maximum atomic E-state index is 9.98. The molecule has 1 atom stereocenters. The Balaban J connectivity index is 4.71. The minimum Gasteiger partial charge on any atom is -0.384 e. The van der Waals surface area contributed by atoms with Gasteiger partial charge in [0.05, 0.1) is 5.71 Å². The Morgan fingerprint density at radius 2 is 2.17 bits per heavy atom. The Labute approximate surface area is 75.0 Å². The summed E-state index contributed by atoms with van der Waals surface area (Å²) in [6.45, 7) is 12.0. The van der Waals surface area contributed by atoms with E-state index >= 15 is 0 Å². The first kappa shape index (κ1) is 11.4. The van der Waals surface area contributed by atoms with Gasteiger partial charge in [0, 0.05) is 6.54 Å². The molecule has 0 saturated carbocycles. The Kier molecular flexibility index (Phi) is 4.18. The predicted molar refractivity (Wildman–Crippen MR) is 53.6 cm³/mol. The van der Waals surface area contributed by atoms with E-state index in [4.69, 9.17) is 0 Å². The van der Waals surface area contributed by atoms with Gasteiger partial charge < -0.3 is 5.11 Å². The molecule has 0 aliphatic heterocycles. The van der Waals surface area contributed by atoms with Crippen LogP contribution >= 0.6 is 0 Å². The maximum absolute atomic E-state index is 9.98. The average molecular weight is 169 g/mol. The van der Waals surface area contributed by atoms with E-state index < -0.39 is 5.60 Å². The second-order valence-corrected chi connectivity index (χ2v) is 3.37. The van der Waals surface area contributed by atoms with Crippen LogP contribution in [-0.2, 0) is 0 Å². The molecule has 2 nitrogen and oxygen atoms in total. The molecule has 1 unspecified atom stereocenters. The lowest BCUT2D eigenvalue weighted by atomic mass is 9.87. The molecule has 0 saturated heterocycles. The molecular formula is C10H19NO. The molecule has 0 aliphatic carbocycles. The molecule has 12 heavy (non-hydrogen) atoms. The molecule has 0 amide bonds. The molecule has 0 heterocycles. The summed E-state index contributed by atoms with van der Waals surface area (Å²) < 4.78 is 0. The van der Waals surface area contributed by atoms with Crippen LogP contribution in [0.3, 0.4) is 0 Å². The van der Waals surface area contributed by atoms with Gasteiger partial charge in [0.1, 0.15) is 5.60 Å². The fraction of sp³-hybridized carbons (Fsp3) is 0.700. The minimum atomic E-state index is -0.849. The number of hydrogen-bond donors (Lipinski definition) is 1. The van der Waals surface area contributed by atoms with Gasteiger partial charge in [-0.25, -0.2) is 0 Å². The highest BCUT2D eigenvalue weighted by Crippen LogP contribution is 2.18. The highest BCUT2D eigenvalue weighted by Gasteiger charge is 2.28. The summed E-state index contributed by atoms with van der Waals surface area (Å²) in [4.78, 5) is 4.18. The van der Waals surface area contributed by atoms with Crippen molar-refractivity contribution in [2.75, 3.05) is 6.54 Å². The second-order valence-electron chi connectivity index (χ2n) is 3.37. The van der Waals surface area contributed by atoms with Crippen molar-refractivity contribution in [1.82, 2.24) is 0 Å². The molecule has 0 fully saturated rings. The summed E-state index contributed by atoms with van der Waals surface area (Å²) in [5.41, 5.74) is -0.169. The molecule has 0 aromatic heterocycles. The third kappa shape index (κ3) is 2.45. The van der Waals surface area contributed by atoms with Gasteiger partial charge in [0.15, 0.2) is 0 Å². The zero-order valence-corrected chi connectivity index (χ0v) is 8.46. The molecular weight excluding hydrogens is 150 g/mol. The second kappa shape index (κ2) is 4.41. The predicted octanol–water partition coefficient (Wildman–Crippen LogP) is 2.04. The quantitative estimate of drug-likeness (QED) is 0.642. The maximum Gasteiger partial charge on any atom is 0.105 e. The fourth-order valence-corrected chi connectivity index (χ4v) is 0.897. The van der Waals surface area contributed by atoms with E-state index in [2.05, 4.69) is 11.6 Å². The number of nitrogens with zero attached hydrogens (tertiary/aromatic N) is 1. The van der Waals surface area contributed by atoms with E-state index in [1.54, 1.807) is 13.0 Å². The molecule has 0 rings (SSSR count). The molecule has 0 spiro atoms. The van der Waals surface area contributed by atoms with Crippen LogP contribution in [0, 0.1) is 5.92 Å². The fourth-order valence-electron chi connectivity index (χ4n) is 0.897. The monoisotopic (exact) mass is 169 g/mol. The topological polar surface area (TPSA) is 32.6 Å². The first-order valence-corrected chi connectivity index (χ1v) is 4.36. The van der Waals surface area contributed by atoms with E-state index in [1.807, 2.05) is 20.8 Å². The smallest absolute Gasteiger partial charge is 0.105 e. The molecule has 70 valence electrons. The van der Waals surface area contributed by atoms with E-state index in [-0.39, 0.29) is 5.92 Å². The number of aliphatic imine (C=N–C) groups is 1. The zero-order valence-electron chi connectivity index (χ0n) is 8.46. The Bertz CT molecular complexity index is 180. The lowest BCUT2D eigenvalue weighted by Crippen LogP contribution is -2.39. The summed E-state index contributed by atoms with van der Waals surface area (Å²) in [6.07, 6.45) is 1.63. The van der Waals surface area contributed by atoms with Crippen molar-refractivity contribution in [3.8, 4) is 0 Å². The van der Waals surface area contributed by atoms with Gasteiger partial charge in [0.25, 0.3) is 0 Å². The van der Waals surface area contributed by atoms with Crippen LogP contribution < -0.4 is 0 Å². The summed E-state index contributed by atoms with van der Waals surface area (Å²) in [5, 5.41) is 9.98. The molecule has 0 aromatic rings. The van der Waals surface area contributed by atoms with Gasteiger partial charge in [0.2, 0.25) is 0 Å². The van der Waals surface area contributed by atoms with Gasteiger partial charge in [-0.15, -0.1) is 0 Å². The van der Waals surface area contributed by atoms with E-state index in [9.17, 15) is 5.11 Å². The van der Waals surface area contributed by atoms with Crippen molar-refractivity contribution in [2.45, 2.75) is 33.3 Å². The van der Waals surface area contributed by atoms with Crippen molar-refractivity contribution in [2.24, 2.45) is 10.9 Å². The van der Waals surface area contributed by atoms with Crippen LogP contribution in [-0.4, -0.2) is 23.0 Å². The number of rotatable bonds is 4. The third-order valence-corrected chi connectivity index (χ3v) is 2.16. The lowest BCUT2D eigenvalue weighted by molar-refractivity contribution is 0.0837. The van der Waals surface area contributed by atoms with Crippen LogP contribution in [0.1, 0.15) is 27.7 Å². The molecule has 0 bridgehead atoms. The standard InChI is InChI=1S/C10H19NO/c1-6-9(11-7-2)10(5,12)8(3)4/h6,8,12H,1,7H2,2-5H3. The largest absolute Gasteiger partial charge is 0.384 e. The van der Waals surface area contributed by atoms with Crippen molar-refractivity contribution in [1.29, 1.82) is 0 Å². The third-order valence-electron chi connectivity index (χ3n) is 2.16. The summed E-state index contributed by atoms with van der Waals surface area (Å²) in [6, 6.07) is 0. The zero-order chi connectivity index (χ0) is 9.78. The van der Waals surface area contributed by atoms with Gasteiger partial charge in [-0.2, -0.15) is 0 Å². The molecule has 0 radical (unpaired) electrons.